The first-order valence-corrected chi connectivity index (χ1v) is 7.92. The third-order valence-electron chi connectivity index (χ3n) is 3.60. The van der Waals surface area contributed by atoms with Crippen molar-refractivity contribution in [3.63, 3.8) is 0 Å². The van der Waals surface area contributed by atoms with E-state index in [1.807, 2.05) is 48.5 Å². The molecular formula is C19H16ClNO3. The summed E-state index contributed by atoms with van der Waals surface area (Å²) < 4.78 is 10.4. The number of halogens is 1. The zero-order chi connectivity index (χ0) is 16.9. The van der Waals surface area contributed by atoms with Crippen molar-refractivity contribution in [1.82, 2.24) is 0 Å². The predicted molar refractivity (Wildman–Crippen MR) is 94.3 cm³/mol. The fraction of sp³-hybridized carbons (Fsp3) is 0.158. The molecule has 0 atom stereocenters. The molecule has 24 heavy (non-hydrogen) atoms. The summed E-state index contributed by atoms with van der Waals surface area (Å²) >= 11 is 5.87. The van der Waals surface area contributed by atoms with Gasteiger partial charge < -0.3 is 9.47 Å². The molecule has 5 heteroatoms. The van der Waals surface area contributed by atoms with E-state index < -0.39 is 5.97 Å². The van der Waals surface area contributed by atoms with E-state index in [-0.39, 0.29) is 0 Å². The van der Waals surface area contributed by atoms with Crippen molar-refractivity contribution >= 4 is 29.5 Å². The monoisotopic (exact) mass is 341 g/mol. The molecule has 2 aromatic rings. The molecule has 0 fully saturated rings. The molecule has 3 rings (SSSR count). The first-order valence-electron chi connectivity index (χ1n) is 7.54. The molecule has 0 amide bonds. The van der Waals surface area contributed by atoms with Crippen molar-refractivity contribution in [2.45, 2.75) is 12.8 Å². The van der Waals surface area contributed by atoms with E-state index in [0.29, 0.717) is 23.0 Å². The van der Waals surface area contributed by atoms with Gasteiger partial charge in [0.1, 0.15) is 5.75 Å². The number of hydrogen-bond donors (Lipinski definition) is 0. The predicted octanol–water partition coefficient (Wildman–Crippen LogP) is 4.28. The number of hydrogen-bond acceptors (Lipinski definition) is 4. The van der Waals surface area contributed by atoms with Crippen LogP contribution in [-0.4, -0.2) is 19.0 Å². The van der Waals surface area contributed by atoms with E-state index in [1.54, 1.807) is 13.2 Å². The van der Waals surface area contributed by atoms with E-state index in [2.05, 4.69) is 4.99 Å². The Hall–Kier alpha value is -2.59. The molecule has 122 valence electrons. The average Bonchev–Trinajstić information content (AvgIpc) is 2.94. The molecule has 2 aromatic carbocycles. The van der Waals surface area contributed by atoms with E-state index >= 15 is 0 Å². The SMILES string of the molecule is COc1cccc(/C=C2/N=C(CCc3ccc(Cl)cc3)OC2=O)c1. The lowest BCUT2D eigenvalue weighted by molar-refractivity contribution is -0.130. The maximum atomic E-state index is 11.9. The van der Waals surface area contributed by atoms with Crippen molar-refractivity contribution in [3.05, 3.63) is 70.4 Å². The molecule has 0 spiro atoms. The maximum absolute atomic E-state index is 11.9. The minimum atomic E-state index is -0.427. The summed E-state index contributed by atoms with van der Waals surface area (Å²) in [7, 11) is 1.60. The number of cyclic esters (lactones) is 1. The number of carbonyl (C=O) groups is 1. The molecule has 0 aliphatic carbocycles. The Balaban J connectivity index is 1.70. The van der Waals surface area contributed by atoms with Crippen molar-refractivity contribution in [1.29, 1.82) is 0 Å². The van der Waals surface area contributed by atoms with Crippen molar-refractivity contribution in [2.24, 2.45) is 4.99 Å². The zero-order valence-electron chi connectivity index (χ0n) is 13.2. The summed E-state index contributed by atoms with van der Waals surface area (Å²) in [5.74, 6) is 0.732. The third-order valence-corrected chi connectivity index (χ3v) is 3.85. The maximum Gasteiger partial charge on any atom is 0.363 e. The second kappa shape index (κ2) is 7.32. The highest BCUT2D eigenvalue weighted by Crippen LogP contribution is 2.20. The lowest BCUT2D eigenvalue weighted by Gasteiger charge is -2.00. The van der Waals surface area contributed by atoms with E-state index in [4.69, 9.17) is 21.1 Å². The summed E-state index contributed by atoms with van der Waals surface area (Å²) in [5, 5.41) is 0.701. The van der Waals surface area contributed by atoms with Gasteiger partial charge in [0.25, 0.3) is 0 Å². The number of benzene rings is 2. The van der Waals surface area contributed by atoms with Crippen molar-refractivity contribution in [3.8, 4) is 5.75 Å². The number of aliphatic imine (C=N–C) groups is 1. The summed E-state index contributed by atoms with van der Waals surface area (Å²) in [5.41, 5.74) is 2.25. The lowest BCUT2D eigenvalue weighted by atomic mass is 10.1. The minimum absolute atomic E-state index is 0.300. The molecular weight excluding hydrogens is 326 g/mol. The Morgan fingerprint density at radius 3 is 2.71 bits per heavy atom. The normalized spacial score (nSPS) is 15.3. The lowest BCUT2D eigenvalue weighted by Crippen LogP contribution is -2.05. The second-order valence-corrected chi connectivity index (χ2v) is 5.76. The van der Waals surface area contributed by atoms with Crippen LogP contribution in [0.5, 0.6) is 5.75 Å². The Kier molecular flexibility index (Phi) is 4.96. The van der Waals surface area contributed by atoms with Crippen LogP contribution in [0.15, 0.2) is 59.2 Å². The highest BCUT2D eigenvalue weighted by molar-refractivity contribution is 6.30. The van der Waals surface area contributed by atoms with Gasteiger partial charge >= 0.3 is 5.97 Å². The van der Waals surface area contributed by atoms with Gasteiger partial charge in [0.15, 0.2) is 11.6 Å². The average molecular weight is 342 g/mol. The number of methoxy groups -OCH3 is 1. The van der Waals surface area contributed by atoms with Crippen LogP contribution in [0, 0.1) is 0 Å². The number of ether oxygens (including phenoxy) is 2. The first kappa shape index (κ1) is 16.3. The molecule has 0 saturated heterocycles. The number of esters is 1. The largest absolute Gasteiger partial charge is 0.497 e. The van der Waals surface area contributed by atoms with Gasteiger partial charge in [-0.2, -0.15) is 0 Å². The van der Waals surface area contributed by atoms with Gasteiger partial charge in [-0.25, -0.2) is 9.79 Å². The van der Waals surface area contributed by atoms with Gasteiger partial charge in [-0.15, -0.1) is 0 Å². The summed E-state index contributed by atoms with van der Waals surface area (Å²) in [6.45, 7) is 0. The van der Waals surface area contributed by atoms with Crippen LogP contribution in [0.2, 0.25) is 5.02 Å². The van der Waals surface area contributed by atoms with Gasteiger partial charge in [0.2, 0.25) is 0 Å². The summed E-state index contributed by atoms with van der Waals surface area (Å²) in [6, 6.07) is 15.0. The van der Waals surface area contributed by atoms with Crippen LogP contribution in [0.25, 0.3) is 6.08 Å². The second-order valence-electron chi connectivity index (χ2n) is 5.33. The molecule has 1 aliphatic heterocycles. The molecule has 0 unspecified atom stereocenters. The molecule has 0 bridgehead atoms. The van der Waals surface area contributed by atoms with Gasteiger partial charge in [0.05, 0.1) is 7.11 Å². The topological polar surface area (TPSA) is 47.9 Å². The van der Waals surface area contributed by atoms with E-state index in [9.17, 15) is 4.79 Å². The Bertz CT molecular complexity index is 810. The molecule has 1 heterocycles. The quantitative estimate of drug-likeness (QED) is 0.602. The summed E-state index contributed by atoms with van der Waals surface area (Å²) in [4.78, 5) is 16.2. The van der Waals surface area contributed by atoms with Crippen molar-refractivity contribution < 1.29 is 14.3 Å². The van der Waals surface area contributed by atoms with Gasteiger partial charge in [-0.1, -0.05) is 35.9 Å². The molecule has 0 saturated carbocycles. The van der Waals surface area contributed by atoms with Gasteiger partial charge in [-0.05, 0) is 47.9 Å². The third kappa shape index (κ3) is 4.03. The standard InChI is InChI=1S/C19H16ClNO3/c1-23-16-4-2-3-14(11-16)12-17-19(22)24-18(21-17)10-7-13-5-8-15(20)9-6-13/h2-6,8-9,11-12H,7,10H2,1H3/b17-12+. The number of carbonyl (C=O) groups excluding carboxylic acids is 1. The Morgan fingerprint density at radius 1 is 1.17 bits per heavy atom. The summed E-state index contributed by atoms with van der Waals surface area (Å²) in [6.07, 6.45) is 2.98. The number of aryl methyl sites for hydroxylation is 1. The van der Waals surface area contributed by atoms with Crippen LogP contribution < -0.4 is 4.74 Å². The van der Waals surface area contributed by atoms with Crippen LogP contribution in [0.3, 0.4) is 0 Å². The van der Waals surface area contributed by atoms with E-state index in [0.717, 1.165) is 23.3 Å². The van der Waals surface area contributed by atoms with Crippen LogP contribution in [0.4, 0.5) is 0 Å². The number of rotatable bonds is 5. The minimum Gasteiger partial charge on any atom is -0.497 e. The molecule has 0 radical (unpaired) electrons. The molecule has 4 nitrogen and oxygen atoms in total. The molecule has 0 N–H and O–H groups in total. The molecule has 0 aromatic heterocycles. The van der Waals surface area contributed by atoms with Crippen LogP contribution >= 0.6 is 11.6 Å². The molecule has 1 aliphatic rings. The fourth-order valence-electron chi connectivity index (χ4n) is 2.35. The first-order chi connectivity index (χ1) is 11.6. The Labute approximate surface area is 145 Å². The van der Waals surface area contributed by atoms with E-state index in [1.165, 1.54) is 0 Å². The van der Waals surface area contributed by atoms with Gasteiger partial charge in [0, 0.05) is 11.4 Å². The fourth-order valence-corrected chi connectivity index (χ4v) is 2.48. The van der Waals surface area contributed by atoms with Gasteiger partial charge in [-0.3, -0.25) is 0 Å². The Morgan fingerprint density at radius 2 is 1.96 bits per heavy atom. The highest BCUT2D eigenvalue weighted by Gasteiger charge is 2.22. The number of nitrogens with zero attached hydrogens (tertiary/aromatic N) is 1. The van der Waals surface area contributed by atoms with Crippen LogP contribution in [0.1, 0.15) is 17.5 Å². The van der Waals surface area contributed by atoms with Crippen molar-refractivity contribution in [2.75, 3.05) is 7.11 Å². The highest BCUT2D eigenvalue weighted by atomic mass is 35.5. The smallest absolute Gasteiger partial charge is 0.363 e. The zero-order valence-corrected chi connectivity index (χ0v) is 13.9. The van der Waals surface area contributed by atoms with Crippen LogP contribution in [-0.2, 0) is 16.0 Å².